The van der Waals surface area contributed by atoms with Gasteiger partial charge < -0.3 is 20.1 Å². The number of amides is 1. The minimum Gasteiger partial charge on any atom is -0.485 e. The van der Waals surface area contributed by atoms with Crippen molar-refractivity contribution in [3.8, 4) is 11.5 Å². The molecule has 2 aromatic rings. The van der Waals surface area contributed by atoms with Gasteiger partial charge in [-0.3, -0.25) is 4.79 Å². The Balaban J connectivity index is 1.50. The molecular formula is C15H14N4O3. The van der Waals surface area contributed by atoms with Crippen LogP contribution in [0.2, 0.25) is 0 Å². The van der Waals surface area contributed by atoms with Gasteiger partial charge in [-0.05, 0) is 12.1 Å². The highest BCUT2D eigenvalue weighted by atomic mass is 16.6. The third-order valence-corrected chi connectivity index (χ3v) is 3.77. The highest BCUT2D eigenvalue weighted by molar-refractivity contribution is 5.82. The standard InChI is InChI=1S/C15H14N4O3/c16-15-17-5-9-6-19(7-10(9)18-15)14(20)13-8-21-11-3-1-2-4-12(11)22-13/h1-5,13H,6-8H2,(H2,16,17,18). The highest BCUT2D eigenvalue weighted by Crippen LogP contribution is 2.32. The van der Waals surface area contributed by atoms with E-state index in [2.05, 4.69) is 9.97 Å². The minimum atomic E-state index is -0.644. The smallest absolute Gasteiger partial charge is 0.267 e. The third-order valence-electron chi connectivity index (χ3n) is 3.77. The van der Waals surface area contributed by atoms with E-state index in [1.165, 1.54) is 0 Å². The Kier molecular flexibility index (Phi) is 2.85. The van der Waals surface area contributed by atoms with Crippen LogP contribution in [0, 0.1) is 0 Å². The van der Waals surface area contributed by atoms with Crippen molar-refractivity contribution < 1.29 is 14.3 Å². The van der Waals surface area contributed by atoms with E-state index < -0.39 is 6.10 Å². The lowest BCUT2D eigenvalue weighted by atomic mass is 10.2. The van der Waals surface area contributed by atoms with Gasteiger partial charge in [0.2, 0.25) is 12.1 Å². The second-order valence-electron chi connectivity index (χ2n) is 5.26. The number of rotatable bonds is 1. The zero-order valence-corrected chi connectivity index (χ0v) is 11.7. The largest absolute Gasteiger partial charge is 0.485 e. The van der Waals surface area contributed by atoms with E-state index in [0.29, 0.717) is 24.6 Å². The third kappa shape index (κ3) is 2.11. The van der Waals surface area contributed by atoms with Crippen molar-refractivity contribution in [3.05, 3.63) is 41.7 Å². The monoisotopic (exact) mass is 298 g/mol. The highest BCUT2D eigenvalue weighted by Gasteiger charge is 2.34. The van der Waals surface area contributed by atoms with Gasteiger partial charge in [0.25, 0.3) is 5.91 Å². The number of hydrogen-bond acceptors (Lipinski definition) is 6. The van der Waals surface area contributed by atoms with E-state index in [0.717, 1.165) is 11.3 Å². The fourth-order valence-corrected chi connectivity index (χ4v) is 2.67. The summed E-state index contributed by atoms with van der Waals surface area (Å²) in [4.78, 5) is 22.4. The van der Waals surface area contributed by atoms with Crippen LogP contribution in [0.4, 0.5) is 5.95 Å². The predicted molar refractivity (Wildman–Crippen MR) is 77.1 cm³/mol. The number of ether oxygens (including phenoxy) is 2. The van der Waals surface area contributed by atoms with Crippen LogP contribution in [0.3, 0.4) is 0 Å². The van der Waals surface area contributed by atoms with Crippen LogP contribution in [-0.2, 0) is 17.9 Å². The van der Waals surface area contributed by atoms with Gasteiger partial charge in [-0.25, -0.2) is 9.97 Å². The second-order valence-corrected chi connectivity index (χ2v) is 5.26. The first-order valence-electron chi connectivity index (χ1n) is 6.98. The lowest BCUT2D eigenvalue weighted by molar-refractivity contribution is -0.141. The van der Waals surface area contributed by atoms with Crippen molar-refractivity contribution in [1.29, 1.82) is 0 Å². The second kappa shape index (κ2) is 4.87. The average Bonchev–Trinajstić information content (AvgIpc) is 2.96. The Morgan fingerprint density at radius 2 is 2.09 bits per heavy atom. The van der Waals surface area contributed by atoms with Crippen LogP contribution in [0.15, 0.2) is 30.5 Å². The van der Waals surface area contributed by atoms with Crippen LogP contribution in [-0.4, -0.2) is 33.5 Å². The molecule has 0 spiro atoms. The molecule has 3 heterocycles. The first-order chi connectivity index (χ1) is 10.7. The van der Waals surface area contributed by atoms with Gasteiger partial charge in [0.1, 0.15) is 6.61 Å². The molecule has 0 fully saturated rings. The summed E-state index contributed by atoms with van der Waals surface area (Å²) < 4.78 is 11.3. The van der Waals surface area contributed by atoms with Gasteiger partial charge in [0.05, 0.1) is 12.2 Å². The van der Waals surface area contributed by atoms with E-state index in [1.54, 1.807) is 17.2 Å². The molecule has 0 bridgehead atoms. The molecule has 2 aliphatic rings. The van der Waals surface area contributed by atoms with Gasteiger partial charge >= 0.3 is 0 Å². The Morgan fingerprint density at radius 1 is 1.27 bits per heavy atom. The zero-order valence-electron chi connectivity index (χ0n) is 11.7. The first kappa shape index (κ1) is 12.9. The molecule has 1 atom stereocenters. The molecule has 7 heteroatoms. The normalized spacial score (nSPS) is 18.9. The van der Waals surface area contributed by atoms with Gasteiger partial charge in [0, 0.05) is 18.3 Å². The predicted octanol–water partition coefficient (Wildman–Crippen LogP) is 0.741. The number of carbonyl (C=O) groups is 1. The van der Waals surface area contributed by atoms with Crippen LogP contribution in [0.5, 0.6) is 11.5 Å². The summed E-state index contributed by atoms with van der Waals surface area (Å²) in [7, 11) is 0. The number of carbonyl (C=O) groups excluding carboxylic acids is 1. The van der Waals surface area contributed by atoms with Crippen LogP contribution in [0.1, 0.15) is 11.3 Å². The lowest BCUT2D eigenvalue weighted by Gasteiger charge is -2.28. The maximum Gasteiger partial charge on any atom is 0.267 e. The van der Waals surface area contributed by atoms with Crippen molar-refractivity contribution >= 4 is 11.9 Å². The minimum absolute atomic E-state index is 0.119. The molecular weight excluding hydrogens is 284 g/mol. The molecule has 1 amide bonds. The van der Waals surface area contributed by atoms with Crippen LogP contribution >= 0.6 is 0 Å². The summed E-state index contributed by atoms with van der Waals surface area (Å²) in [6.07, 6.45) is 1.02. The van der Waals surface area contributed by atoms with E-state index in [4.69, 9.17) is 15.2 Å². The molecule has 4 rings (SSSR count). The number of para-hydroxylation sites is 2. The Labute approximate surface area is 126 Å². The van der Waals surface area contributed by atoms with E-state index in [9.17, 15) is 4.79 Å². The Bertz CT molecular complexity index is 749. The summed E-state index contributed by atoms with van der Waals surface area (Å²) in [5.41, 5.74) is 7.28. The molecule has 2 N–H and O–H groups in total. The number of hydrogen-bond donors (Lipinski definition) is 1. The van der Waals surface area contributed by atoms with Gasteiger partial charge in [-0.15, -0.1) is 0 Å². The Hall–Kier alpha value is -2.83. The zero-order chi connectivity index (χ0) is 15.1. The van der Waals surface area contributed by atoms with Gasteiger partial charge in [0.15, 0.2) is 11.5 Å². The number of aromatic nitrogens is 2. The maximum atomic E-state index is 12.6. The van der Waals surface area contributed by atoms with Crippen molar-refractivity contribution in [1.82, 2.24) is 14.9 Å². The summed E-state index contributed by atoms with van der Waals surface area (Å²) in [6.45, 7) is 1.09. The lowest BCUT2D eigenvalue weighted by Crippen LogP contribution is -2.44. The number of fused-ring (bicyclic) bond motifs is 2. The quantitative estimate of drug-likeness (QED) is 0.835. The van der Waals surface area contributed by atoms with E-state index >= 15 is 0 Å². The molecule has 1 aromatic carbocycles. The first-order valence-corrected chi connectivity index (χ1v) is 6.98. The number of nitrogens with two attached hydrogens (primary N) is 1. The molecule has 1 unspecified atom stereocenters. The van der Waals surface area contributed by atoms with Crippen molar-refractivity contribution in [2.75, 3.05) is 12.3 Å². The molecule has 0 radical (unpaired) electrons. The van der Waals surface area contributed by atoms with Crippen LogP contribution < -0.4 is 15.2 Å². The number of nitrogen functional groups attached to an aromatic ring is 1. The summed E-state index contributed by atoms with van der Waals surface area (Å²) in [6, 6.07) is 7.32. The summed E-state index contributed by atoms with van der Waals surface area (Å²) in [5, 5.41) is 0. The molecule has 2 aliphatic heterocycles. The number of benzene rings is 1. The molecule has 22 heavy (non-hydrogen) atoms. The van der Waals surface area contributed by atoms with Gasteiger partial charge in [-0.2, -0.15) is 0 Å². The topological polar surface area (TPSA) is 90.6 Å². The summed E-state index contributed by atoms with van der Waals surface area (Å²) in [5.74, 6) is 1.35. The summed E-state index contributed by atoms with van der Waals surface area (Å²) >= 11 is 0. The number of nitrogens with zero attached hydrogens (tertiary/aromatic N) is 3. The molecule has 7 nitrogen and oxygen atoms in total. The van der Waals surface area contributed by atoms with E-state index in [1.807, 2.05) is 18.2 Å². The number of anilines is 1. The van der Waals surface area contributed by atoms with Crippen LogP contribution in [0.25, 0.3) is 0 Å². The molecule has 0 aliphatic carbocycles. The fraction of sp³-hybridized carbons (Fsp3) is 0.267. The SMILES string of the molecule is Nc1ncc2c(n1)CN(C(=O)C1COc3ccccc3O1)C2. The van der Waals surface area contributed by atoms with Crippen molar-refractivity contribution in [2.45, 2.75) is 19.2 Å². The average molecular weight is 298 g/mol. The van der Waals surface area contributed by atoms with Crippen molar-refractivity contribution in [2.24, 2.45) is 0 Å². The van der Waals surface area contributed by atoms with Crippen molar-refractivity contribution in [3.63, 3.8) is 0 Å². The maximum absolute atomic E-state index is 12.6. The Morgan fingerprint density at radius 3 is 2.95 bits per heavy atom. The molecule has 1 aromatic heterocycles. The molecule has 112 valence electrons. The van der Waals surface area contributed by atoms with Gasteiger partial charge in [-0.1, -0.05) is 12.1 Å². The molecule has 0 saturated heterocycles. The van der Waals surface area contributed by atoms with E-state index in [-0.39, 0.29) is 18.5 Å². The molecule has 0 saturated carbocycles. The fourth-order valence-electron chi connectivity index (χ4n) is 2.67.